The van der Waals surface area contributed by atoms with Crippen molar-refractivity contribution in [3.63, 3.8) is 0 Å². The number of nitrogens with zero attached hydrogens (tertiary/aromatic N) is 1. The maximum absolute atomic E-state index is 14.1. The Labute approximate surface area is 218 Å². The zero-order valence-corrected chi connectivity index (χ0v) is 22.1. The van der Waals surface area contributed by atoms with Crippen LogP contribution in [0.4, 0.5) is 4.39 Å². The zero-order chi connectivity index (χ0) is 25.9. The highest BCUT2D eigenvalue weighted by Gasteiger charge is 2.30. The molecule has 4 nitrogen and oxygen atoms in total. The van der Waals surface area contributed by atoms with Crippen LogP contribution in [0.5, 0.6) is 0 Å². The number of halogens is 1. The summed E-state index contributed by atoms with van der Waals surface area (Å²) < 4.78 is 14.1. The predicted octanol–water partition coefficient (Wildman–Crippen LogP) is 5.78. The molecule has 3 aromatic carbocycles. The highest BCUT2D eigenvalue weighted by Crippen LogP contribution is 2.20. The van der Waals surface area contributed by atoms with E-state index in [1.165, 1.54) is 17.8 Å². The van der Waals surface area contributed by atoms with E-state index in [-0.39, 0.29) is 23.4 Å². The predicted molar refractivity (Wildman–Crippen MR) is 146 cm³/mol. The van der Waals surface area contributed by atoms with Crippen molar-refractivity contribution in [2.75, 3.05) is 12.3 Å². The van der Waals surface area contributed by atoms with Crippen molar-refractivity contribution in [3.8, 4) is 0 Å². The average molecular weight is 507 g/mol. The van der Waals surface area contributed by atoms with Gasteiger partial charge in [-0.05, 0) is 35.6 Å². The van der Waals surface area contributed by atoms with E-state index in [4.69, 9.17) is 0 Å². The fourth-order valence-corrected chi connectivity index (χ4v) is 4.71. The van der Waals surface area contributed by atoms with Gasteiger partial charge < -0.3 is 10.2 Å². The average Bonchev–Trinajstić information content (AvgIpc) is 2.87. The zero-order valence-electron chi connectivity index (χ0n) is 21.2. The molecule has 0 aromatic heterocycles. The molecule has 0 radical (unpaired) electrons. The van der Waals surface area contributed by atoms with Crippen LogP contribution in [0.3, 0.4) is 0 Å². The van der Waals surface area contributed by atoms with Gasteiger partial charge in [-0.25, -0.2) is 4.39 Å². The highest BCUT2D eigenvalue weighted by atomic mass is 32.2. The molecule has 0 unspecified atom stereocenters. The van der Waals surface area contributed by atoms with Gasteiger partial charge in [-0.1, -0.05) is 92.2 Å². The molecule has 0 heterocycles. The van der Waals surface area contributed by atoms with Gasteiger partial charge in [0, 0.05) is 25.3 Å². The van der Waals surface area contributed by atoms with Crippen LogP contribution >= 0.6 is 11.8 Å². The van der Waals surface area contributed by atoms with E-state index in [0.717, 1.165) is 16.7 Å². The first-order valence-corrected chi connectivity index (χ1v) is 13.5. The minimum Gasteiger partial charge on any atom is -0.354 e. The fraction of sp³-hybridized carbons (Fsp3) is 0.333. The fourth-order valence-electron chi connectivity index (χ4n) is 3.81. The monoisotopic (exact) mass is 506 g/mol. The van der Waals surface area contributed by atoms with Gasteiger partial charge in [0.1, 0.15) is 11.9 Å². The molecule has 0 spiro atoms. The number of rotatable bonds is 12. The van der Waals surface area contributed by atoms with Crippen LogP contribution in [0.25, 0.3) is 0 Å². The van der Waals surface area contributed by atoms with Gasteiger partial charge in [-0.2, -0.15) is 0 Å². The molecule has 0 aliphatic rings. The summed E-state index contributed by atoms with van der Waals surface area (Å²) in [5.41, 5.74) is 3.65. The van der Waals surface area contributed by atoms with Crippen LogP contribution in [-0.2, 0) is 28.3 Å². The maximum atomic E-state index is 14.1. The molecule has 0 bridgehead atoms. The third-order valence-electron chi connectivity index (χ3n) is 5.87. The smallest absolute Gasteiger partial charge is 0.243 e. The number of carbonyl (C=O) groups is 2. The van der Waals surface area contributed by atoms with Crippen molar-refractivity contribution in [1.82, 2.24) is 10.2 Å². The van der Waals surface area contributed by atoms with Gasteiger partial charge in [0.05, 0.1) is 5.75 Å². The second-order valence-corrected chi connectivity index (χ2v) is 10.4. The molecule has 3 aromatic rings. The molecule has 0 saturated carbocycles. The summed E-state index contributed by atoms with van der Waals surface area (Å²) in [5, 5.41) is 3.03. The summed E-state index contributed by atoms with van der Waals surface area (Å²) >= 11 is 1.36. The number of benzene rings is 3. The number of hydrogen-bond acceptors (Lipinski definition) is 3. The molecule has 36 heavy (non-hydrogen) atoms. The molecule has 1 N–H and O–H groups in total. The first kappa shape index (κ1) is 27.5. The molecule has 3 rings (SSSR count). The topological polar surface area (TPSA) is 49.4 Å². The Morgan fingerprint density at radius 2 is 1.58 bits per heavy atom. The molecule has 2 amide bonds. The number of aryl methyl sites for hydroxylation is 1. The SMILES string of the molecule is Cc1ccc(CN(C(=O)CSCc2ccccc2F)[C@H](Cc2ccccc2)C(=O)NCC(C)C)cc1. The molecule has 0 saturated heterocycles. The summed E-state index contributed by atoms with van der Waals surface area (Å²) in [4.78, 5) is 28.7. The van der Waals surface area contributed by atoms with E-state index in [2.05, 4.69) is 5.32 Å². The Balaban J connectivity index is 1.84. The lowest BCUT2D eigenvalue weighted by atomic mass is 10.0. The van der Waals surface area contributed by atoms with Gasteiger partial charge >= 0.3 is 0 Å². The third-order valence-corrected chi connectivity index (χ3v) is 6.84. The van der Waals surface area contributed by atoms with Crippen molar-refractivity contribution in [2.24, 2.45) is 5.92 Å². The molecule has 190 valence electrons. The molecular weight excluding hydrogens is 471 g/mol. The number of hydrogen-bond donors (Lipinski definition) is 1. The lowest BCUT2D eigenvalue weighted by molar-refractivity contribution is -0.139. The maximum Gasteiger partial charge on any atom is 0.243 e. The van der Waals surface area contributed by atoms with Gasteiger partial charge in [0.15, 0.2) is 0 Å². The van der Waals surface area contributed by atoms with Crippen LogP contribution in [0.1, 0.15) is 36.1 Å². The Kier molecular flexibility index (Phi) is 10.6. The van der Waals surface area contributed by atoms with E-state index >= 15 is 0 Å². The molecular formula is C30H35FN2O2S. The standard InChI is InChI=1S/C30H35FN2O2S/c1-22(2)18-32-30(35)28(17-24-9-5-4-6-10-24)33(19-25-15-13-23(3)14-16-25)29(34)21-36-20-26-11-7-8-12-27(26)31/h4-16,22,28H,17-21H2,1-3H3,(H,32,35)/t28-/m1/s1. The lowest BCUT2D eigenvalue weighted by Gasteiger charge is -2.32. The molecule has 6 heteroatoms. The summed E-state index contributed by atoms with van der Waals surface area (Å²) in [6.07, 6.45) is 0.417. The minimum absolute atomic E-state index is 0.141. The third kappa shape index (κ3) is 8.52. The Hall–Kier alpha value is -3.12. The number of nitrogens with one attached hydrogen (secondary N) is 1. The van der Waals surface area contributed by atoms with Crippen molar-refractivity contribution in [3.05, 3.63) is 107 Å². The second-order valence-electron chi connectivity index (χ2n) is 9.44. The Morgan fingerprint density at radius 3 is 2.25 bits per heavy atom. The van der Waals surface area contributed by atoms with E-state index < -0.39 is 6.04 Å². The van der Waals surface area contributed by atoms with E-state index in [1.807, 2.05) is 75.4 Å². The normalized spacial score (nSPS) is 11.8. The second kappa shape index (κ2) is 13.8. The summed E-state index contributed by atoms with van der Waals surface area (Å²) in [6, 6.07) is 23.7. The number of carbonyl (C=O) groups excluding carboxylic acids is 2. The summed E-state index contributed by atoms with van der Waals surface area (Å²) in [7, 11) is 0. The van der Waals surface area contributed by atoms with E-state index in [1.54, 1.807) is 23.1 Å². The Morgan fingerprint density at radius 1 is 0.917 bits per heavy atom. The largest absolute Gasteiger partial charge is 0.354 e. The number of amides is 2. The first-order chi connectivity index (χ1) is 17.3. The van der Waals surface area contributed by atoms with Gasteiger partial charge in [0.25, 0.3) is 0 Å². The lowest BCUT2D eigenvalue weighted by Crippen LogP contribution is -2.51. The quantitative estimate of drug-likeness (QED) is 0.339. The van der Waals surface area contributed by atoms with Crippen LogP contribution < -0.4 is 5.32 Å². The van der Waals surface area contributed by atoms with E-state index in [9.17, 15) is 14.0 Å². The van der Waals surface area contributed by atoms with Gasteiger partial charge in [-0.3, -0.25) is 9.59 Å². The van der Waals surface area contributed by atoms with Gasteiger partial charge in [0.2, 0.25) is 11.8 Å². The molecule has 0 aliphatic carbocycles. The van der Waals surface area contributed by atoms with Crippen LogP contribution in [0.15, 0.2) is 78.9 Å². The number of thioether (sulfide) groups is 1. The van der Waals surface area contributed by atoms with Crippen molar-refractivity contribution < 1.29 is 14.0 Å². The summed E-state index contributed by atoms with van der Waals surface area (Å²) in [6.45, 7) is 6.97. The first-order valence-electron chi connectivity index (χ1n) is 12.3. The van der Waals surface area contributed by atoms with Crippen molar-refractivity contribution >= 4 is 23.6 Å². The Bertz CT molecular complexity index is 1120. The highest BCUT2D eigenvalue weighted by molar-refractivity contribution is 7.99. The molecule has 0 aliphatic heterocycles. The van der Waals surface area contributed by atoms with Gasteiger partial charge in [-0.15, -0.1) is 11.8 Å². The van der Waals surface area contributed by atoms with Crippen LogP contribution in [-0.4, -0.2) is 35.1 Å². The van der Waals surface area contributed by atoms with Crippen molar-refractivity contribution in [1.29, 1.82) is 0 Å². The molecule has 1 atom stereocenters. The van der Waals surface area contributed by atoms with E-state index in [0.29, 0.717) is 36.7 Å². The van der Waals surface area contributed by atoms with Crippen molar-refractivity contribution in [2.45, 2.75) is 45.5 Å². The molecule has 0 fully saturated rings. The van der Waals surface area contributed by atoms with Crippen LogP contribution in [0.2, 0.25) is 0 Å². The summed E-state index contributed by atoms with van der Waals surface area (Å²) in [5.74, 6) is 0.264. The minimum atomic E-state index is -0.658. The van der Waals surface area contributed by atoms with Crippen LogP contribution in [0, 0.1) is 18.7 Å².